The summed E-state index contributed by atoms with van der Waals surface area (Å²) in [4.78, 5) is 1.30. The fourth-order valence-electron chi connectivity index (χ4n) is 1.59. The van der Waals surface area contributed by atoms with Crippen LogP contribution in [0.1, 0.15) is 11.3 Å². The van der Waals surface area contributed by atoms with Crippen molar-refractivity contribution in [3.05, 3.63) is 20.8 Å². The Hall–Kier alpha value is 0.0600. The minimum atomic E-state index is -0.0941. The van der Waals surface area contributed by atoms with Gasteiger partial charge >= 0.3 is 0 Å². The number of hydrogen-bond donors (Lipinski definition) is 1. The minimum absolute atomic E-state index is 0.0941. The first-order valence-electron chi connectivity index (χ1n) is 4.96. The Balaban J connectivity index is 1.78. The van der Waals surface area contributed by atoms with Crippen molar-refractivity contribution in [2.75, 3.05) is 13.2 Å². The summed E-state index contributed by atoms with van der Waals surface area (Å²) in [7, 11) is 0. The van der Waals surface area contributed by atoms with Gasteiger partial charge < -0.3 is 15.2 Å². The monoisotopic (exact) mass is 291 g/mol. The van der Waals surface area contributed by atoms with Crippen LogP contribution in [-0.4, -0.2) is 25.5 Å². The van der Waals surface area contributed by atoms with Crippen molar-refractivity contribution in [2.24, 2.45) is 5.73 Å². The highest BCUT2D eigenvalue weighted by Gasteiger charge is 2.19. The van der Waals surface area contributed by atoms with Crippen molar-refractivity contribution in [3.63, 3.8) is 0 Å². The van der Waals surface area contributed by atoms with Gasteiger partial charge in [0.05, 0.1) is 13.2 Å². The molecule has 0 aromatic carbocycles. The maximum Gasteiger partial charge on any atom is 0.159 e. The normalized spacial score (nSPS) is 19.6. The molecule has 0 bridgehead atoms. The second-order valence-electron chi connectivity index (χ2n) is 3.60. The van der Waals surface area contributed by atoms with Crippen LogP contribution < -0.4 is 5.73 Å². The van der Waals surface area contributed by atoms with Crippen LogP contribution in [-0.2, 0) is 15.9 Å². The number of rotatable bonds is 4. The van der Waals surface area contributed by atoms with Crippen molar-refractivity contribution in [3.8, 4) is 0 Å². The van der Waals surface area contributed by atoms with Gasteiger partial charge in [0.2, 0.25) is 0 Å². The number of hydrogen-bond acceptors (Lipinski definition) is 4. The Bertz CT molecular complexity index is 312. The molecule has 1 saturated heterocycles. The lowest BCUT2D eigenvalue weighted by molar-refractivity contribution is -0.0504. The van der Waals surface area contributed by atoms with Crippen molar-refractivity contribution in [2.45, 2.75) is 25.2 Å². The maximum absolute atomic E-state index is 6.03. The molecule has 1 aliphatic rings. The third-order valence-electron chi connectivity index (χ3n) is 2.27. The van der Waals surface area contributed by atoms with Crippen molar-refractivity contribution in [1.82, 2.24) is 0 Å². The lowest BCUT2D eigenvalue weighted by atomic mass is 10.1. The molecule has 3 nitrogen and oxygen atoms in total. The molecule has 5 heteroatoms. The van der Waals surface area contributed by atoms with Gasteiger partial charge in [-0.15, -0.1) is 11.3 Å². The third-order valence-corrected chi connectivity index (χ3v) is 3.99. The zero-order valence-corrected chi connectivity index (χ0v) is 10.7. The van der Waals surface area contributed by atoms with E-state index >= 15 is 0 Å². The van der Waals surface area contributed by atoms with Gasteiger partial charge in [-0.2, -0.15) is 0 Å². The lowest BCUT2D eigenvalue weighted by Crippen LogP contribution is -2.28. The summed E-state index contributed by atoms with van der Waals surface area (Å²) in [6.45, 7) is 1.39. The van der Waals surface area contributed by atoms with Gasteiger partial charge in [-0.25, -0.2) is 0 Å². The van der Waals surface area contributed by atoms with E-state index in [1.165, 1.54) is 4.88 Å². The van der Waals surface area contributed by atoms with E-state index in [2.05, 4.69) is 27.4 Å². The molecule has 1 aromatic rings. The molecule has 0 aliphatic carbocycles. The highest BCUT2D eigenvalue weighted by Crippen LogP contribution is 2.22. The number of ether oxygens (including phenoxy) is 2. The first kappa shape index (κ1) is 11.5. The van der Waals surface area contributed by atoms with Crippen LogP contribution in [0.4, 0.5) is 0 Å². The molecule has 2 N–H and O–H groups in total. The summed E-state index contributed by atoms with van der Waals surface area (Å²) in [6, 6.07) is 2.22. The quantitative estimate of drug-likeness (QED) is 0.924. The van der Waals surface area contributed by atoms with Crippen LogP contribution in [0.15, 0.2) is 15.9 Å². The average Bonchev–Trinajstić information content (AvgIpc) is 2.77. The Labute approximate surface area is 102 Å². The fraction of sp³-hybridized carbons (Fsp3) is 0.600. The van der Waals surface area contributed by atoms with Crippen molar-refractivity contribution < 1.29 is 9.47 Å². The fourth-order valence-corrected chi connectivity index (χ4v) is 3.14. The second-order valence-corrected chi connectivity index (χ2v) is 5.51. The molecule has 1 fully saturated rings. The zero-order chi connectivity index (χ0) is 10.7. The van der Waals surface area contributed by atoms with Crippen LogP contribution in [0.2, 0.25) is 0 Å². The molecule has 2 heterocycles. The highest BCUT2D eigenvalue weighted by molar-refractivity contribution is 9.10. The Morgan fingerprint density at radius 3 is 2.87 bits per heavy atom. The lowest BCUT2D eigenvalue weighted by Gasteiger charge is -2.14. The van der Waals surface area contributed by atoms with Crippen LogP contribution in [0.5, 0.6) is 0 Å². The molecule has 1 aromatic heterocycles. The van der Waals surface area contributed by atoms with E-state index in [0.29, 0.717) is 13.2 Å². The van der Waals surface area contributed by atoms with Crippen molar-refractivity contribution >= 4 is 27.3 Å². The van der Waals surface area contributed by atoms with Crippen LogP contribution in [0.3, 0.4) is 0 Å². The molecule has 1 atom stereocenters. The predicted octanol–water partition coefficient (Wildman–Crippen LogP) is 2.14. The minimum Gasteiger partial charge on any atom is -0.350 e. The van der Waals surface area contributed by atoms with Gasteiger partial charge in [0.25, 0.3) is 0 Å². The number of halogens is 1. The van der Waals surface area contributed by atoms with E-state index in [9.17, 15) is 0 Å². The van der Waals surface area contributed by atoms with Gasteiger partial charge in [-0.3, -0.25) is 0 Å². The Morgan fingerprint density at radius 1 is 1.53 bits per heavy atom. The van der Waals surface area contributed by atoms with Crippen LogP contribution in [0, 0.1) is 0 Å². The molecule has 84 valence electrons. The summed E-state index contributed by atoms with van der Waals surface area (Å²) in [5.74, 6) is 0. The van der Waals surface area contributed by atoms with Gasteiger partial charge in [-0.1, -0.05) is 0 Å². The first-order chi connectivity index (χ1) is 7.24. The molecule has 2 rings (SSSR count). The summed E-state index contributed by atoms with van der Waals surface area (Å²) < 4.78 is 11.8. The molecular weight excluding hydrogens is 278 g/mol. The zero-order valence-electron chi connectivity index (χ0n) is 8.32. The molecule has 0 amide bonds. The SMILES string of the molecule is NC(Cc1cc(Br)cs1)CC1OCCO1. The highest BCUT2D eigenvalue weighted by atomic mass is 79.9. The third kappa shape index (κ3) is 3.53. The van der Waals surface area contributed by atoms with E-state index < -0.39 is 0 Å². The average molecular weight is 292 g/mol. The second kappa shape index (κ2) is 5.41. The van der Waals surface area contributed by atoms with E-state index in [1.54, 1.807) is 11.3 Å². The van der Waals surface area contributed by atoms with E-state index in [1.807, 2.05) is 0 Å². The molecule has 1 unspecified atom stereocenters. The maximum atomic E-state index is 6.03. The van der Waals surface area contributed by atoms with E-state index in [4.69, 9.17) is 15.2 Å². The summed E-state index contributed by atoms with van der Waals surface area (Å²) in [6.07, 6.45) is 1.57. The first-order valence-corrected chi connectivity index (χ1v) is 6.63. The number of nitrogens with two attached hydrogens (primary N) is 1. The summed E-state index contributed by atoms with van der Waals surface area (Å²) >= 11 is 5.16. The molecular formula is C10H14BrNO2S. The van der Waals surface area contributed by atoms with Crippen LogP contribution >= 0.6 is 27.3 Å². The Morgan fingerprint density at radius 2 is 2.27 bits per heavy atom. The molecule has 0 saturated carbocycles. The standard InChI is InChI=1S/C10H14BrNO2S/c11-7-3-9(15-6-7)4-8(12)5-10-13-1-2-14-10/h3,6,8,10H,1-2,4-5,12H2. The van der Waals surface area contributed by atoms with E-state index in [-0.39, 0.29) is 12.3 Å². The molecule has 0 spiro atoms. The largest absolute Gasteiger partial charge is 0.350 e. The Kier molecular flexibility index (Phi) is 4.16. The van der Waals surface area contributed by atoms with E-state index in [0.717, 1.165) is 17.3 Å². The predicted molar refractivity (Wildman–Crippen MR) is 64.0 cm³/mol. The van der Waals surface area contributed by atoms with Crippen LogP contribution in [0.25, 0.3) is 0 Å². The molecule has 1 aliphatic heterocycles. The molecule has 0 radical (unpaired) electrons. The molecule has 15 heavy (non-hydrogen) atoms. The van der Waals surface area contributed by atoms with Gasteiger partial charge in [0.1, 0.15) is 0 Å². The topological polar surface area (TPSA) is 44.5 Å². The van der Waals surface area contributed by atoms with Gasteiger partial charge in [-0.05, 0) is 28.4 Å². The number of thiophene rings is 1. The summed E-state index contributed by atoms with van der Waals surface area (Å²) in [5, 5.41) is 2.07. The smallest absolute Gasteiger partial charge is 0.159 e. The van der Waals surface area contributed by atoms with Crippen molar-refractivity contribution in [1.29, 1.82) is 0 Å². The van der Waals surface area contributed by atoms with Gasteiger partial charge in [0.15, 0.2) is 6.29 Å². The summed E-state index contributed by atoms with van der Waals surface area (Å²) in [5.41, 5.74) is 6.03. The van der Waals surface area contributed by atoms with Gasteiger partial charge in [0, 0.05) is 27.2 Å².